The molecular weight excluding hydrogens is 214 g/mol. The van der Waals surface area contributed by atoms with E-state index in [0.29, 0.717) is 11.4 Å². The van der Waals surface area contributed by atoms with Crippen LogP contribution in [0.1, 0.15) is 5.56 Å². The van der Waals surface area contributed by atoms with Crippen molar-refractivity contribution in [3.05, 3.63) is 59.3 Å². The summed E-state index contributed by atoms with van der Waals surface area (Å²) in [5.74, 6) is 0. The molecule has 86 valence electrons. The minimum Gasteiger partial charge on any atom is -0.399 e. The van der Waals surface area contributed by atoms with Gasteiger partial charge in [0, 0.05) is 18.8 Å². The molecule has 0 aromatic heterocycles. The Balaban J connectivity index is 2.49. The average Bonchev–Trinajstić information content (AvgIpc) is 2.39. The Morgan fingerprint density at radius 1 is 1.24 bits per heavy atom. The fourth-order valence-corrected chi connectivity index (χ4v) is 1.87. The molecule has 2 N–H and O–H groups in total. The minimum atomic E-state index is -0.500. The van der Waals surface area contributed by atoms with E-state index in [0.717, 1.165) is 11.1 Å². The third-order valence-electron chi connectivity index (χ3n) is 2.72. The van der Waals surface area contributed by atoms with Gasteiger partial charge in [0.1, 0.15) is 0 Å². The smallest absolute Gasteiger partial charge is 0.326 e. The van der Waals surface area contributed by atoms with Gasteiger partial charge in [-0.3, -0.25) is 0 Å². The van der Waals surface area contributed by atoms with Crippen LogP contribution in [0.5, 0.6) is 0 Å². The summed E-state index contributed by atoms with van der Waals surface area (Å²) < 4.78 is 5.23. The van der Waals surface area contributed by atoms with E-state index in [4.69, 9.17) is 16.0 Å². The highest BCUT2D eigenvalue weighted by atomic mass is 16.5. The van der Waals surface area contributed by atoms with Crippen molar-refractivity contribution in [2.45, 2.75) is 6.10 Å². The Morgan fingerprint density at radius 3 is 2.53 bits per heavy atom. The van der Waals surface area contributed by atoms with E-state index < -0.39 is 6.10 Å². The van der Waals surface area contributed by atoms with E-state index in [1.54, 1.807) is 6.08 Å². The molecule has 4 heteroatoms. The van der Waals surface area contributed by atoms with Crippen LogP contribution in [0.25, 0.3) is 11.1 Å². The van der Waals surface area contributed by atoms with E-state index in [9.17, 15) is 0 Å². The van der Waals surface area contributed by atoms with E-state index in [2.05, 4.69) is 4.79 Å². The fourth-order valence-electron chi connectivity index (χ4n) is 1.87. The first kappa shape index (κ1) is 11.3. The van der Waals surface area contributed by atoms with Crippen LogP contribution in [0.4, 0.5) is 0 Å². The zero-order valence-corrected chi connectivity index (χ0v) is 9.50. The van der Waals surface area contributed by atoms with E-state index in [1.807, 2.05) is 36.4 Å². The van der Waals surface area contributed by atoms with Gasteiger partial charge in [0.25, 0.3) is 0 Å². The highest BCUT2D eigenvalue weighted by molar-refractivity contribution is 6.03. The lowest BCUT2D eigenvalue weighted by Gasteiger charge is -2.17. The van der Waals surface area contributed by atoms with Crippen LogP contribution >= 0.6 is 0 Å². The first-order chi connectivity index (χ1) is 8.27. The number of methoxy groups -OCH3 is 1. The summed E-state index contributed by atoms with van der Waals surface area (Å²) in [6, 6.07) is 9.78. The molecule has 0 fully saturated rings. The highest BCUT2D eigenvalue weighted by Gasteiger charge is 2.29. The van der Waals surface area contributed by atoms with E-state index in [1.165, 1.54) is 7.11 Å². The van der Waals surface area contributed by atoms with Crippen LogP contribution < -0.4 is 5.73 Å². The van der Waals surface area contributed by atoms with Crippen LogP contribution in [0.2, 0.25) is 0 Å². The molecule has 4 nitrogen and oxygen atoms in total. The lowest BCUT2D eigenvalue weighted by Crippen LogP contribution is -2.32. The van der Waals surface area contributed by atoms with Gasteiger partial charge < -0.3 is 16.0 Å². The third-order valence-corrected chi connectivity index (χ3v) is 2.72. The molecule has 1 aliphatic rings. The van der Waals surface area contributed by atoms with Gasteiger partial charge in [0.05, 0.1) is 5.70 Å². The second-order valence-electron chi connectivity index (χ2n) is 3.71. The molecular formula is C13H13N3O. The normalized spacial score (nSPS) is 19.4. The van der Waals surface area contributed by atoms with Gasteiger partial charge in [-0.15, -0.1) is 0 Å². The van der Waals surface area contributed by atoms with Crippen molar-refractivity contribution in [3.63, 3.8) is 0 Å². The minimum absolute atomic E-state index is 0.407. The number of rotatable bonds is 2. The summed E-state index contributed by atoms with van der Waals surface area (Å²) in [5.41, 5.74) is 17.8. The van der Waals surface area contributed by atoms with Gasteiger partial charge in [0.2, 0.25) is 0 Å². The molecule has 1 aliphatic carbocycles. The molecule has 1 aromatic carbocycles. The first-order valence-corrected chi connectivity index (χ1v) is 5.25. The van der Waals surface area contributed by atoms with Crippen LogP contribution in [0.3, 0.4) is 0 Å². The number of allylic oxidation sites excluding steroid dienone is 2. The predicted octanol–water partition coefficient (Wildman–Crippen LogP) is 1.61. The summed E-state index contributed by atoms with van der Waals surface area (Å²) in [7, 11) is 1.53. The zero-order chi connectivity index (χ0) is 12.3. The quantitative estimate of drug-likeness (QED) is 0.616. The molecule has 2 rings (SSSR count). The van der Waals surface area contributed by atoms with Gasteiger partial charge in [0.15, 0.2) is 6.10 Å². The summed E-state index contributed by atoms with van der Waals surface area (Å²) in [5, 5.41) is 0. The zero-order valence-electron chi connectivity index (χ0n) is 9.50. The second-order valence-corrected chi connectivity index (χ2v) is 3.71. The Kier molecular flexibility index (Phi) is 3.19. The van der Waals surface area contributed by atoms with Crippen molar-refractivity contribution in [1.82, 2.24) is 0 Å². The molecule has 0 aliphatic heterocycles. The van der Waals surface area contributed by atoms with Gasteiger partial charge >= 0.3 is 5.71 Å². The summed E-state index contributed by atoms with van der Waals surface area (Å²) in [6.45, 7) is 0. The SMILES string of the molecule is COC1C(=[N+]=[N-])C=CC(c2ccccc2)=C1N. The summed E-state index contributed by atoms with van der Waals surface area (Å²) >= 11 is 0. The molecule has 0 saturated heterocycles. The van der Waals surface area contributed by atoms with Crippen LogP contribution in [-0.4, -0.2) is 23.7 Å². The summed E-state index contributed by atoms with van der Waals surface area (Å²) in [4.78, 5) is 3.17. The number of benzene rings is 1. The molecule has 0 heterocycles. The van der Waals surface area contributed by atoms with Crippen molar-refractivity contribution in [2.75, 3.05) is 7.11 Å². The molecule has 1 atom stereocenters. The molecule has 0 spiro atoms. The number of hydrogen-bond acceptors (Lipinski definition) is 2. The number of hydrogen-bond donors (Lipinski definition) is 1. The Hall–Kier alpha value is -2.16. The van der Waals surface area contributed by atoms with Gasteiger partial charge in [-0.2, -0.15) is 4.79 Å². The lowest BCUT2D eigenvalue weighted by molar-refractivity contribution is -0.0194. The molecule has 17 heavy (non-hydrogen) atoms. The monoisotopic (exact) mass is 227 g/mol. The molecule has 0 amide bonds. The highest BCUT2D eigenvalue weighted by Crippen LogP contribution is 2.24. The van der Waals surface area contributed by atoms with Crippen molar-refractivity contribution >= 4 is 11.3 Å². The number of nitrogens with zero attached hydrogens (tertiary/aromatic N) is 2. The molecule has 0 radical (unpaired) electrons. The Bertz CT molecular complexity index is 525. The first-order valence-electron chi connectivity index (χ1n) is 5.25. The second kappa shape index (κ2) is 4.78. The lowest BCUT2D eigenvalue weighted by atomic mass is 9.94. The number of ether oxygens (including phenoxy) is 1. The molecule has 1 unspecified atom stereocenters. The maximum Gasteiger partial charge on any atom is 0.326 e. The topological polar surface area (TPSA) is 71.7 Å². The maximum atomic E-state index is 8.85. The van der Waals surface area contributed by atoms with E-state index in [-0.39, 0.29) is 0 Å². The number of nitrogens with two attached hydrogens (primary N) is 1. The van der Waals surface area contributed by atoms with Crippen molar-refractivity contribution < 1.29 is 9.53 Å². The van der Waals surface area contributed by atoms with Gasteiger partial charge in [-0.05, 0) is 11.6 Å². The predicted molar refractivity (Wildman–Crippen MR) is 66.1 cm³/mol. The van der Waals surface area contributed by atoms with Crippen molar-refractivity contribution in [2.24, 2.45) is 5.73 Å². The molecule has 1 aromatic rings. The van der Waals surface area contributed by atoms with Crippen LogP contribution in [0.15, 0.2) is 48.2 Å². The molecule has 0 saturated carbocycles. The molecule has 0 bridgehead atoms. The van der Waals surface area contributed by atoms with Crippen molar-refractivity contribution in [3.8, 4) is 0 Å². The standard InChI is InChI=1S/C13H13N3O/c1-17-13-11(16-15)8-7-10(12(13)14)9-5-3-2-4-6-9/h2-8,13H,14H2,1H3. The maximum absolute atomic E-state index is 8.85. The van der Waals surface area contributed by atoms with Crippen LogP contribution in [0, 0.1) is 0 Å². The fraction of sp³-hybridized carbons (Fsp3) is 0.154. The van der Waals surface area contributed by atoms with Crippen LogP contribution in [-0.2, 0) is 4.74 Å². The average molecular weight is 227 g/mol. The van der Waals surface area contributed by atoms with Gasteiger partial charge in [-0.1, -0.05) is 30.3 Å². The summed E-state index contributed by atoms with van der Waals surface area (Å²) in [6.07, 6.45) is 3.03. The van der Waals surface area contributed by atoms with E-state index >= 15 is 0 Å². The third kappa shape index (κ3) is 2.04. The largest absolute Gasteiger partial charge is 0.399 e. The Labute approximate surface area is 99.6 Å². The Morgan fingerprint density at radius 2 is 1.94 bits per heavy atom. The van der Waals surface area contributed by atoms with Crippen molar-refractivity contribution in [1.29, 1.82) is 0 Å². The van der Waals surface area contributed by atoms with Gasteiger partial charge in [-0.25, -0.2) is 0 Å².